The lowest BCUT2D eigenvalue weighted by Gasteiger charge is -2.21. The highest BCUT2D eigenvalue weighted by Gasteiger charge is 2.24. The number of aryl methyl sites for hydroxylation is 1. The number of carbonyl (C=O) groups is 2. The summed E-state index contributed by atoms with van der Waals surface area (Å²) < 4.78 is 27.7. The fraction of sp³-hybridized carbons (Fsp3) is 0.300. The third kappa shape index (κ3) is 5.17. The van der Waals surface area contributed by atoms with E-state index < -0.39 is 15.9 Å². The van der Waals surface area contributed by atoms with Gasteiger partial charge in [0, 0.05) is 18.2 Å². The van der Waals surface area contributed by atoms with Crippen LogP contribution in [0.25, 0.3) is 0 Å². The van der Waals surface area contributed by atoms with Gasteiger partial charge in [-0.05, 0) is 47.7 Å². The highest BCUT2D eigenvalue weighted by molar-refractivity contribution is 7.90. The van der Waals surface area contributed by atoms with Gasteiger partial charge in [-0.25, -0.2) is 13.1 Å². The third-order valence-electron chi connectivity index (χ3n) is 4.02. The lowest BCUT2D eigenvalue weighted by molar-refractivity contribution is -0.114. The van der Waals surface area contributed by atoms with Crippen molar-refractivity contribution in [3.05, 3.63) is 59.2 Å². The minimum absolute atomic E-state index is 0.0706. The molecule has 0 saturated carbocycles. The molecule has 144 valence electrons. The molecule has 0 aliphatic carbocycles. The Labute approximate surface area is 160 Å². The minimum Gasteiger partial charge on any atom is -0.326 e. The number of carbonyl (C=O) groups excluding carboxylic acids is 2. The van der Waals surface area contributed by atoms with Gasteiger partial charge in [-0.1, -0.05) is 39.0 Å². The van der Waals surface area contributed by atoms with Gasteiger partial charge in [0.15, 0.2) is 0 Å². The first-order valence-corrected chi connectivity index (χ1v) is 9.94. The maximum Gasteiger partial charge on any atom is 0.265 e. The monoisotopic (exact) mass is 388 g/mol. The molecule has 0 saturated heterocycles. The van der Waals surface area contributed by atoms with Crippen LogP contribution in [0.15, 0.2) is 47.4 Å². The van der Waals surface area contributed by atoms with Crippen LogP contribution in [0.5, 0.6) is 0 Å². The zero-order chi connectivity index (χ0) is 20.4. The van der Waals surface area contributed by atoms with Crippen molar-refractivity contribution in [1.29, 1.82) is 0 Å². The fourth-order valence-corrected chi connectivity index (χ4v) is 3.78. The smallest absolute Gasteiger partial charge is 0.265 e. The van der Waals surface area contributed by atoms with Gasteiger partial charge in [0.1, 0.15) is 0 Å². The van der Waals surface area contributed by atoms with Gasteiger partial charge in [0.05, 0.1) is 4.90 Å². The third-order valence-corrected chi connectivity index (χ3v) is 5.49. The molecule has 0 unspecified atom stereocenters. The van der Waals surface area contributed by atoms with E-state index in [2.05, 4.69) is 10.0 Å². The lowest BCUT2D eigenvalue weighted by atomic mass is 9.87. The van der Waals surface area contributed by atoms with Gasteiger partial charge in [0.25, 0.3) is 15.9 Å². The topological polar surface area (TPSA) is 92.3 Å². The summed E-state index contributed by atoms with van der Waals surface area (Å²) in [5, 5.41) is 2.56. The van der Waals surface area contributed by atoms with Gasteiger partial charge in [-0.2, -0.15) is 0 Å². The van der Waals surface area contributed by atoms with Crippen LogP contribution in [-0.4, -0.2) is 20.2 Å². The second kappa shape index (κ2) is 7.52. The van der Waals surface area contributed by atoms with Crippen molar-refractivity contribution in [2.45, 2.75) is 44.9 Å². The maximum atomic E-state index is 12.8. The number of hydrogen-bond donors (Lipinski definition) is 2. The van der Waals surface area contributed by atoms with Crippen LogP contribution in [0.2, 0.25) is 0 Å². The van der Waals surface area contributed by atoms with E-state index in [1.165, 1.54) is 19.1 Å². The van der Waals surface area contributed by atoms with Crippen LogP contribution >= 0.6 is 0 Å². The fourth-order valence-electron chi connectivity index (χ4n) is 2.53. The Morgan fingerprint density at radius 3 is 2.26 bits per heavy atom. The van der Waals surface area contributed by atoms with E-state index in [-0.39, 0.29) is 21.8 Å². The predicted octanol–water partition coefficient (Wildman–Crippen LogP) is 3.37. The Balaban J connectivity index is 2.34. The molecule has 0 heterocycles. The average Bonchev–Trinajstić information content (AvgIpc) is 2.53. The Morgan fingerprint density at radius 2 is 1.67 bits per heavy atom. The van der Waals surface area contributed by atoms with Gasteiger partial charge < -0.3 is 5.32 Å². The number of amides is 2. The summed E-state index contributed by atoms with van der Waals surface area (Å²) in [7, 11) is -4.04. The summed E-state index contributed by atoms with van der Waals surface area (Å²) in [5.41, 5.74) is 1.73. The molecule has 2 amide bonds. The molecule has 2 N–H and O–H groups in total. The van der Waals surface area contributed by atoms with Crippen molar-refractivity contribution in [3.63, 3.8) is 0 Å². The van der Waals surface area contributed by atoms with Crippen molar-refractivity contribution < 1.29 is 18.0 Å². The molecule has 0 fully saturated rings. The average molecular weight is 388 g/mol. The second-order valence-corrected chi connectivity index (χ2v) is 9.08. The summed E-state index contributed by atoms with van der Waals surface area (Å²) in [6.45, 7) is 8.99. The number of rotatable bonds is 4. The standard InChI is InChI=1S/C20H24N2O4S/c1-13-9-10-16(20(3,4)5)12-18(13)27(25,26)22-19(24)15-7-6-8-17(11-15)21-14(2)23/h6-12H,1-5H3,(H,21,23)(H,22,24). The molecule has 2 rings (SSSR count). The van der Waals surface area contributed by atoms with Gasteiger partial charge >= 0.3 is 0 Å². The van der Waals surface area contributed by atoms with Crippen molar-refractivity contribution in [1.82, 2.24) is 4.72 Å². The summed E-state index contributed by atoms with van der Waals surface area (Å²) >= 11 is 0. The van der Waals surface area contributed by atoms with Crippen molar-refractivity contribution in [2.24, 2.45) is 0 Å². The quantitative estimate of drug-likeness (QED) is 0.840. The lowest BCUT2D eigenvalue weighted by Crippen LogP contribution is -2.31. The van der Waals surface area contributed by atoms with Gasteiger partial charge in [-0.15, -0.1) is 0 Å². The van der Waals surface area contributed by atoms with Crippen molar-refractivity contribution in [3.8, 4) is 0 Å². The van der Waals surface area contributed by atoms with E-state index in [1.54, 1.807) is 31.2 Å². The van der Waals surface area contributed by atoms with Crippen LogP contribution in [0, 0.1) is 6.92 Å². The van der Waals surface area contributed by atoms with Crippen LogP contribution in [-0.2, 0) is 20.2 Å². The molecule has 0 aliphatic rings. The van der Waals surface area contributed by atoms with E-state index in [1.807, 2.05) is 26.8 Å². The minimum atomic E-state index is -4.04. The van der Waals surface area contributed by atoms with E-state index >= 15 is 0 Å². The van der Waals surface area contributed by atoms with Crippen LogP contribution < -0.4 is 10.0 Å². The molecule has 0 atom stereocenters. The van der Waals surface area contributed by atoms with Crippen molar-refractivity contribution >= 4 is 27.5 Å². The number of sulfonamides is 1. The Morgan fingerprint density at radius 1 is 1.00 bits per heavy atom. The van der Waals surface area contributed by atoms with Crippen molar-refractivity contribution in [2.75, 3.05) is 5.32 Å². The second-order valence-electron chi connectivity index (χ2n) is 7.43. The molecule has 7 heteroatoms. The van der Waals surface area contributed by atoms with E-state index in [0.717, 1.165) is 5.56 Å². The molecular weight excluding hydrogens is 364 g/mol. The van der Waals surface area contributed by atoms with Gasteiger partial charge in [-0.3, -0.25) is 9.59 Å². The van der Waals surface area contributed by atoms with E-state index in [9.17, 15) is 18.0 Å². The Bertz CT molecular complexity index is 989. The Hall–Kier alpha value is -2.67. The first-order valence-electron chi connectivity index (χ1n) is 8.46. The van der Waals surface area contributed by atoms with E-state index in [4.69, 9.17) is 0 Å². The SMILES string of the molecule is CC(=O)Nc1cccc(C(=O)NS(=O)(=O)c2cc(C(C)(C)C)ccc2C)c1. The Kier molecular flexibility index (Phi) is 5.75. The molecule has 0 radical (unpaired) electrons. The van der Waals surface area contributed by atoms with Gasteiger partial charge in [0.2, 0.25) is 5.91 Å². The maximum absolute atomic E-state index is 12.8. The molecule has 2 aromatic rings. The summed E-state index contributed by atoms with van der Waals surface area (Å²) in [5.74, 6) is -1.04. The first kappa shape index (κ1) is 20.6. The highest BCUT2D eigenvalue weighted by Crippen LogP contribution is 2.26. The highest BCUT2D eigenvalue weighted by atomic mass is 32.2. The molecular formula is C20H24N2O4S. The molecule has 2 aromatic carbocycles. The summed E-state index contributed by atoms with van der Waals surface area (Å²) in [6, 6.07) is 11.3. The zero-order valence-electron chi connectivity index (χ0n) is 16.1. The van der Waals surface area contributed by atoms with Crippen LogP contribution in [0.3, 0.4) is 0 Å². The largest absolute Gasteiger partial charge is 0.326 e. The first-order chi connectivity index (χ1) is 12.4. The number of nitrogens with one attached hydrogen (secondary N) is 2. The molecule has 0 aliphatic heterocycles. The molecule has 0 bridgehead atoms. The van der Waals surface area contributed by atoms with Crippen LogP contribution in [0.4, 0.5) is 5.69 Å². The zero-order valence-corrected chi connectivity index (χ0v) is 16.9. The van der Waals surface area contributed by atoms with E-state index in [0.29, 0.717) is 11.3 Å². The number of hydrogen-bond acceptors (Lipinski definition) is 4. The normalized spacial score (nSPS) is 11.7. The molecule has 0 aromatic heterocycles. The summed E-state index contributed by atoms with van der Waals surface area (Å²) in [4.78, 5) is 23.7. The summed E-state index contributed by atoms with van der Waals surface area (Å²) in [6.07, 6.45) is 0. The predicted molar refractivity (Wildman–Crippen MR) is 105 cm³/mol. The number of benzene rings is 2. The molecule has 0 spiro atoms. The van der Waals surface area contributed by atoms with Crippen LogP contribution in [0.1, 0.15) is 49.2 Å². The number of anilines is 1. The molecule has 27 heavy (non-hydrogen) atoms. The molecule has 6 nitrogen and oxygen atoms in total.